The van der Waals surface area contributed by atoms with Crippen LogP contribution in [-0.4, -0.2) is 21.3 Å². The van der Waals surface area contributed by atoms with Crippen LogP contribution in [0.3, 0.4) is 0 Å². The van der Waals surface area contributed by atoms with Gasteiger partial charge in [-0.3, -0.25) is 10.2 Å². The van der Waals surface area contributed by atoms with Crippen molar-refractivity contribution in [1.29, 1.82) is 0 Å². The van der Waals surface area contributed by atoms with Gasteiger partial charge in [-0.1, -0.05) is 18.2 Å². The quantitative estimate of drug-likeness (QED) is 0.365. The molecule has 4 N–H and O–H groups in total. The smallest absolute Gasteiger partial charge is 0.265 e. The van der Waals surface area contributed by atoms with Crippen LogP contribution < -0.4 is 11.3 Å². The number of aromatic nitrogens is 3. The number of carbonyl (C=O) groups excluding carboxylic acids is 1. The van der Waals surface area contributed by atoms with Crippen molar-refractivity contribution in [1.82, 2.24) is 20.8 Å². The molecule has 2 rings (SSSR count). The molecule has 1 aromatic heterocycles. The molecule has 15 heavy (non-hydrogen) atoms. The van der Waals surface area contributed by atoms with Crippen LogP contribution >= 0.6 is 0 Å². The van der Waals surface area contributed by atoms with Gasteiger partial charge in [0.05, 0.1) is 11.8 Å². The molecule has 1 amide bonds. The summed E-state index contributed by atoms with van der Waals surface area (Å²) in [5.74, 6) is 4.73. The van der Waals surface area contributed by atoms with Crippen molar-refractivity contribution in [3.05, 3.63) is 36.0 Å². The van der Waals surface area contributed by atoms with Crippen molar-refractivity contribution in [3.63, 3.8) is 0 Å². The Morgan fingerprint density at radius 3 is 2.87 bits per heavy atom. The van der Waals surface area contributed by atoms with Crippen molar-refractivity contribution in [2.45, 2.75) is 0 Å². The van der Waals surface area contributed by atoms with Gasteiger partial charge in [-0.15, -0.1) is 0 Å². The molecule has 0 atom stereocenters. The number of hydrazine groups is 1. The van der Waals surface area contributed by atoms with E-state index in [1.165, 1.54) is 0 Å². The summed E-state index contributed by atoms with van der Waals surface area (Å²) in [6.07, 6.45) is 1.54. The number of hydrogen-bond donors (Lipinski definition) is 3. The van der Waals surface area contributed by atoms with Gasteiger partial charge in [-0.05, 0) is 6.07 Å². The van der Waals surface area contributed by atoms with Gasteiger partial charge in [0.25, 0.3) is 5.91 Å². The maximum absolute atomic E-state index is 11.4. The first-order valence-corrected chi connectivity index (χ1v) is 4.29. The van der Waals surface area contributed by atoms with Crippen LogP contribution in [0.5, 0.6) is 0 Å². The molecule has 0 aliphatic heterocycles. The third-order valence-corrected chi connectivity index (χ3v) is 1.99. The molecule has 0 saturated carbocycles. The van der Waals surface area contributed by atoms with Crippen molar-refractivity contribution in [2.75, 3.05) is 0 Å². The van der Waals surface area contributed by atoms with Crippen LogP contribution in [0.25, 0.3) is 11.3 Å². The van der Waals surface area contributed by atoms with Crippen LogP contribution in [0, 0.1) is 0 Å². The average Bonchev–Trinajstić information content (AvgIpc) is 2.81. The third kappa shape index (κ3) is 1.70. The summed E-state index contributed by atoms with van der Waals surface area (Å²) in [5, 5.41) is 10.1. The highest BCUT2D eigenvalue weighted by atomic mass is 16.2. The summed E-state index contributed by atoms with van der Waals surface area (Å²) in [4.78, 5) is 11.4. The van der Waals surface area contributed by atoms with E-state index in [0.29, 0.717) is 16.8 Å². The number of aromatic amines is 1. The second-order valence-corrected chi connectivity index (χ2v) is 2.87. The molecule has 0 fully saturated rings. The zero-order valence-corrected chi connectivity index (χ0v) is 7.77. The van der Waals surface area contributed by atoms with Gasteiger partial charge < -0.3 is 0 Å². The van der Waals surface area contributed by atoms with E-state index in [1.54, 1.807) is 24.4 Å². The second-order valence-electron chi connectivity index (χ2n) is 2.87. The second kappa shape index (κ2) is 3.89. The van der Waals surface area contributed by atoms with E-state index >= 15 is 0 Å². The van der Waals surface area contributed by atoms with E-state index in [0.717, 1.165) is 0 Å². The Balaban J connectivity index is 2.52. The standard InChI is InChI=1S/C9H9N5O/c10-12-9(15)7-4-2-1-3-6(7)8-5-11-14-13-8/h1-5H,10H2,(H,12,15)(H,11,13,14). The average molecular weight is 203 g/mol. The number of rotatable bonds is 2. The Morgan fingerprint density at radius 2 is 2.20 bits per heavy atom. The summed E-state index contributed by atoms with van der Waals surface area (Å²) in [6, 6.07) is 7.03. The number of benzene rings is 1. The first-order valence-electron chi connectivity index (χ1n) is 4.29. The number of carbonyl (C=O) groups is 1. The van der Waals surface area contributed by atoms with Crippen LogP contribution in [-0.2, 0) is 0 Å². The fourth-order valence-corrected chi connectivity index (χ4v) is 1.31. The lowest BCUT2D eigenvalue weighted by atomic mass is 10.0. The molecule has 6 nitrogen and oxygen atoms in total. The van der Waals surface area contributed by atoms with E-state index in [-0.39, 0.29) is 5.91 Å². The Labute approximate surface area is 85.5 Å². The van der Waals surface area contributed by atoms with E-state index in [4.69, 9.17) is 5.84 Å². The molecular weight excluding hydrogens is 194 g/mol. The lowest BCUT2D eigenvalue weighted by Crippen LogP contribution is -2.30. The maximum atomic E-state index is 11.4. The summed E-state index contributed by atoms with van der Waals surface area (Å²) >= 11 is 0. The lowest BCUT2D eigenvalue weighted by Gasteiger charge is -2.04. The molecule has 0 unspecified atom stereocenters. The number of hydrogen-bond acceptors (Lipinski definition) is 4. The largest absolute Gasteiger partial charge is 0.290 e. The van der Waals surface area contributed by atoms with E-state index in [9.17, 15) is 4.79 Å². The SMILES string of the molecule is NNC(=O)c1ccccc1-c1cn[nH]n1. The molecule has 6 heteroatoms. The molecule has 0 aliphatic rings. The molecule has 0 spiro atoms. The first-order chi connectivity index (χ1) is 7.33. The molecule has 76 valence electrons. The van der Waals surface area contributed by atoms with Crippen LogP contribution in [0.2, 0.25) is 0 Å². The number of amides is 1. The predicted molar refractivity (Wildman–Crippen MR) is 53.5 cm³/mol. The number of nitrogens with two attached hydrogens (primary N) is 1. The van der Waals surface area contributed by atoms with Crippen LogP contribution in [0.4, 0.5) is 0 Å². The third-order valence-electron chi connectivity index (χ3n) is 1.99. The summed E-state index contributed by atoms with van der Waals surface area (Å²) < 4.78 is 0. The fourth-order valence-electron chi connectivity index (χ4n) is 1.31. The topological polar surface area (TPSA) is 96.7 Å². The van der Waals surface area contributed by atoms with Crippen LogP contribution in [0.15, 0.2) is 30.5 Å². The summed E-state index contributed by atoms with van der Waals surface area (Å²) in [5.41, 5.74) is 3.85. The Kier molecular flexibility index (Phi) is 2.42. The van der Waals surface area contributed by atoms with Gasteiger partial charge in [-0.25, -0.2) is 5.84 Å². The number of nitrogen functional groups attached to an aromatic ring is 1. The van der Waals surface area contributed by atoms with Gasteiger partial charge >= 0.3 is 0 Å². The zero-order valence-electron chi connectivity index (χ0n) is 7.77. The molecule has 0 radical (unpaired) electrons. The van der Waals surface area contributed by atoms with E-state index < -0.39 is 0 Å². The Bertz CT molecular complexity index is 465. The Hall–Kier alpha value is -2.21. The highest BCUT2D eigenvalue weighted by Crippen LogP contribution is 2.19. The van der Waals surface area contributed by atoms with E-state index in [2.05, 4.69) is 20.8 Å². The van der Waals surface area contributed by atoms with Crippen molar-refractivity contribution < 1.29 is 4.79 Å². The first kappa shape index (κ1) is 9.35. The minimum Gasteiger partial charge on any atom is -0.290 e. The summed E-state index contributed by atoms with van der Waals surface area (Å²) in [7, 11) is 0. The minimum atomic E-state index is -0.353. The van der Waals surface area contributed by atoms with Crippen LogP contribution in [0.1, 0.15) is 10.4 Å². The highest BCUT2D eigenvalue weighted by molar-refractivity contribution is 5.99. The van der Waals surface area contributed by atoms with Crippen molar-refractivity contribution in [3.8, 4) is 11.3 Å². The fraction of sp³-hybridized carbons (Fsp3) is 0. The molecule has 0 bridgehead atoms. The van der Waals surface area contributed by atoms with Crippen molar-refractivity contribution >= 4 is 5.91 Å². The minimum absolute atomic E-state index is 0.353. The number of nitrogens with one attached hydrogen (secondary N) is 2. The normalized spacial score (nSPS) is 9.93. The molecule has 1 aromatic carbocycles. The van der Waals surface area contributed by atoms with E-state index in [1.807, 2.05) is 6.07 Å². The maximum Gasteiger partial charge on any atom is 0.265 e. The molecule has 0 saturated heterocycles. The van der Waals surface area contributed by atoms with Gasteiger partial charge in [0.15, 0.2) is 0 Å². The zero-order chi connectivity index (χ0) is 10.7. The summed E-state index contributed by atoms with van der Waals surface area (Å²) in [6.45, 7) is 0. The van der Waals surface area contributed by atoms with Gasteiger partial charge in [0, 0.05) is 5.56 Å². The predicted octanol–water partition coefficient (Wildman–Crippen LogP) is 0.0752. The van der Waals surface area contributed by atoms with Gasteiger partial charge in [0.1, 0.15) is 5.69 Å². The van der Waals surface area contributed by atoms with Gasteiger partial charge in [-0.2, -0.15) is 15.4 Å². The molecule has 0 aliphatic carbocycles. The van der Waals surface area contributed by atoms with Crippen molar-refractivity contribution in [2.24, 2.45) is 5.84 Å². The molecular formula is C9H9N5O. The Morgan fingerprint density at radius 1 is 1.40 bits per heavy atom. The number of nitrogens with zero attached hydrogens (tertiary/aromatic N) is 2. The molecule has 1 heterocycles. The monoisotopic (exact) mass is 203 g/mol. The van der Waals surface area contributed by atoms with Gasteiger partial charge in [0.2, 0.25) is 0 Å². The lowest BCUT2D eigenvalue weighted by molar-refractivity contribution is 0.0954. The molecule has 2 aromatic rings. The number of H-pyrrole nitrogens is 1. The highest BCUT2D eigenvalue weighted by Gasteiger charge is 2.12.